The summed E-state index contributed by atoms with van der Waals surface area (Å²) in [6.45, 7) is 8.60. The van der Waals surface area contributed by atoms with Gasteiger partial charge in [-0.3, -0.25) is 0 Å². The topological polar surface area (TPSA) is 31.5 Å². The quantitative estimate of drug-likeness (QED) is 0.638. The van der Waals surface area contributed by atoms with Gasteiger partial charge in [-0.05, 0) is 25.0 Å². The molecule has 76 valence electrons. The van der Waals surface area contributed by atoms with Crippen LogP contribution in [0, 0.1) is 13.8 Å². The summed E-state index contributed by atoms with van der Waals surface area (Å²) in [5.41, 5.74) is 2.74. The van der Waals surface area contributed by atoms with E-state index < -0.39 is 0 Å². The van der Waals surface area contributed by atoms with Crippen molar-refractivity contribution in [2.45, 2.75) is 40.5 Å². The van der Waals surface area contributed by atoms with Gasteiger partial charge in [0.25, 0.3) is 0 Å². The molecule has 0 unspecified atom stereocenters. The van der Waals surface area contributed by atoms with Gasteiger partial charge in [-0.25, -0.2) is 0 Å². The van der Waals surface area contributed by atoms with Crippen molar-refractivity contribution in [2.75, 3.05) is 0 Å². The fourth-order valence-corrected chi connectivity index (χ4v) is 0.663. The second-order valence-electron chi connectivity index (χ2n) is 3.08. The van der Waals surface area contributed by atoms with Crippen molar-refractivity contribution in [3.8, 4) is 0 Å². The van der Waals surface area contributed by atoms with Crippen LogP contribution >= 0.6 is 0 Å². The SMILES string of the molecule is CCCC.Cc1ccccc1C.O. The van der Waals surface area contributed by atoms with Crippen molar-refractivity contribution in [2.24, 2.45) is 0 Å². The summed E-state index contributed by atoms with van der Waals surface area (Å²) in [6.07, 6.45) is 2.64. The normalized spacial score (nSPS) is 8.00. The van der Waals surface area contributed by atoms with Gasteiger partial charge >= 0.3 is 0 Å². The summed E-state index contributed by atoms with van der Waals surface area (Å²) < 4.78 is 0. The molecule has 0 radical (unpaired) electrons. The molecule has 13 heavy (non-hydrogen) atoms. The van der Waals surface area contributed by atoms with Gasteiger partial charge in [0.15, 0.2) is 0 Å². The Morgan fingerprint density at radius 2 is 1.15 bits per heavy atom. The van der Waals surface area contributed by atoms with Gasteiger partial charge in [-0.15, -0.1) is 0 Å². The van der Waals surface area contributed by atoms with Crippen LogP contribution in [0.1, 0.15) is 37.8 Å². The summed E-state index contributed by atoms with van der Waals surface area (Å²) in [5, 5.41) is 0. The minimum Gasteiger partial charge on any atom is -0.412 e. The van der Waals surface area contributed by atoms with E-state index in [4.69, 9.17) is 0 Å². The highest BCUT2D eigenvalue weighted by Gasteiger charge is 1.83. The molecule has 0 heterocycles. The Balaban J connectivity index is 0. The molecule has 0 aliphatic rings. The van der Waals surface area contributed by atoms with Crippen LogP contribution in [0.15, 0.2) is 24.3 Å². The molecular formula is C12H22O. The molecule has 0 amide bonds. The Morgan fingerprint density at radius 3 is 1.31 bits per heavy atom. The van der Waals surface area contributed by atoms with Gasteiger partial charge in [0, 0.05) is 0 Å². The highest BCUT2D eigenvalue weighted by molar-refractivity contribution is 5.23. The molecule has 0 atom stereocenters. The average Bonchev–Trinajstić information content (AvgIpc) is 2.11. The lowest BCUT2D eigenvalue weighted by molar-refractivity contribution is 0.824. The predicted molar refractivity (Wildman–Crippen MR) is 60.1 cm³/mol. The summed E-state index contributed by atoms with van der Waals surface area (Å²) in [4.78, 5) is 0. The molecule has 0 bridgehead atoms. The molecule has 1 aromatic carbocycles. The molecule has 1 rings (SSSR count). The van der Waals surface area contributed by atoms with Crippen LogP contribution in [-0.4, -0.2) is 5.48 Å². The maximum absolute atomic E-state index is 2.18. The lowest BCUT2D eigenvalue weighted by atomic mass is 10.1. The van der Waals surface area contributed by atoms with Crippen LogP contribution in [0.5, 0.6) is 0 Å². The van der Waals surface area contributed by atoms with E-state index in [1.165, 1.54) is 24.0 Å². The molecule has 1 nitrogen and oxygen atoms in total. The van der Waals surface area contributed by atoms with E-state index in [1.54, 1.807) is 0 Å². The molecule has 0 aliphatic heterocycles. The Kier molecular flexibility index (Phi) is 10.5. The van der Waals surface area contributed by atoms with Crippen molar-refractivity contribution in [3.05, 3.63) is 35.4 Å². The number of benzene rings is 1. The third kappa shape index (κ3) is 7.54. The molecule has 2 N–H and O–H groups in total. The van der Waals surface area contributed by atoms with E-state index in [2.05, 4.69) is 52.0 Å². The average molecular weight is 182 g/mol. The number of hydrogen-bond acceptors (Lipinski definition) is 0. The zero-order valence-electron chi connectivity index (χ0n) is 9.22. The number of rotatable bonds is 1. The maximum atomic E-state index is 2.18. The maximum Gasteiger partial charge on any atom is -0.0395 e. The van der Waals surface area contributed by atoms with Crippen molar-refractivity contribution in [1.82, 2.24) is 0 Å². The molecule has 0 aromatic heterocycles. The summed E-state index contributed by atoms with van der Waals surface area (Å²) >= 11 is 0. The predicted octanol–water partition coefficient (Wildman–Crippen LogP) is 3.29. The Bertz CT molecular complexity index is 183. The number of unbranched alkanes of at least 4 members (excludes halogenated alkanes) is 1. The van der Waals surface area contributed by atoms with E-state index in [1.807, 2.05) is 0 Å². The Hall–Kier alpha value is -0.820. The zero-order valence-corrected chi connectivity index (χ0v) is 9.22. The molecular weight excluding hydrogens is 160 g/mol. The number of hydrogen-bond donors (Lipinski definition) is 0. The van der Waals surface area contributed by atoms with Crippen LogP contribution in [0.2, 0.25) is 0 Å². The Morgan fingerprint density at radius 1 is 0.846 bits per heavy atom. The molecule has 0 fully saturated rings. The molecule has 0 saturated carbocycles. The third-order valence-electron chi connectivity index (χ3n) is 1.93. The molecule has 1 aromatic rings. The molecule has 0 saturated heterocycles. The van der Waals surface area contributed by atoms with Gasteiger partial charge in [-0.2, -0.15) is 0 Å². The molecule has 1 heteroatoms. The van der Waals surface area contributed by atoms with E-state index in [0.717, 1.165) is 0 Å². The summed E-state index contributed by atoms with van der Waals surface area (Å²) in [6, 6.07) is 8.36. The second kappa shape index (κ2) is 9.27. The van der Waals surface area contributed by atoms with Crippen molar-refractivity contribution < 1.29 is 5.48 Å². The lowest BCUT2D eigenvalue weighted by Crippen LogP contribution is -1.74. The zero-order chi connectivity index (χ0) is 9.40. The van der Waals surface area contributed by atoms with Gasteiger partial charge in [0.2, 0.25) is 0 Å². The monoisotopic (exact) mass is 182 g/mol. The largest absolute Gasteiger partial charge is 0.412 e. The smallest absolute Gasteiger partial charge is 0.0395 e. The summed E-state index contributed by atoms with van der Waals surface area (Å²) in [5.74, 6) is 0. The first-order chi connectivity index (χ1) is 5.72. The highest BCUT2D eigenvalue weighted by Crippen LogP contribution is 2.02. The van der Waals surface area contributed by atoms with E-state index in [9.17, 15) is 0 Å². The molecule has 0 aliphatic carbocycles. The van der Waals surface area contributed by atoms with Crippen molar-refractivity contribution >= 4 is 0 Å². The van der Waals surface area contributed by atoms with E-state index in [0.29, 0.717) is 0 Å². The Labute approximate surface area is 82.1 Å². The molecule has 0 spiro atoms. The first-order valence-corrected chi connectivity index (χ1v) is 4.74. The third-order valence-corrected chi connectivity index (χ3v) is 1.93. The van der Waals surface area contributed by atoms with Gasteiger partial charge in [0.1, 0.15) is 0 Å². The van der Waals surface area contributed by atoms with Gasteiger partial charge in [-0.1, -0.05) is 51.0 Å². The van der Waals surface area contributed by atoms with Crippen LogP contribution in [0.3, 0.4) is 0 Å². The van der Waals surface area contributed by atoms with Crippen molar-refractivity contribution in [3.63, 3.8) is 0 Å². The van der Waals surface area contributed by atoms with E-state index >= 15 is 0 Å². The standard InChI is InChI=1S/C8H10.C4H10.H2O/c1-7-5-3-4-6-8(7)2;1-3-4-2;/h3-6H,1-2H3;3-4H2,1-2H3;1H2. The first-order valence-electron chi connectivity index (χ1n) is 4.74. The van der Waals surface area contributed by atoms with Gasteiger partial charge < -0.3 is 5.48 Å². The highest BCUT2D eigenvalue weighted by atomic mass is 16.0. The first kappa shape index (κ1) is 14.7. The van der Waals surface area contributed by atoms with Crippen LogP contribution in [0.25, 0.3) is 0 Å². The fraction of sp³-hybridized carbons (Fsp3) is 0.500. The van der Waals surface area contributed by atoms with Crippen LogP contribution < -0.4 is 0 Å². The van der Waals surface area contributed by atoms with Crippen molar-refractivity contribution in [1.29, 1.82) is 0 Å². The summed E-state index contributed by atoms with van der Waals surface area (Å²) in [7, 11) is 0. The van der Waals surface area contributed by atoms with Gasteiger partial charge in [0.05, 0.1) is 0 Å². The van der Waals surface area contributed by atoms with E-state index in [-0.39, 0.29) is 5.48 Å². The lowest BCUT2D eigenvalue weighted by Gasteiger charge is -1.93. The van der Waals surface area contributed by atoms with Crippen LogP contribution in [0.4, 0.5) is 0 Å². The second-order valence-corrected chi connectivity index (χ2v) is 3.08. The minimum absolute atomic E-state index is 0. The van der Waals surface area contributed by atoms with Crippen LogP contribution in [-0.2, 0) is 0 Å². The number of aryl methyl sites for hydroxylation is 2. The minimum atomic E-state index is 0. The fourth-order valence-electron chi connectivity index (χ4n) is 0.663.